The molecule has 7 heteroatoms. The van der Waals surface area contributed by atoms with Crippen molar-refractivity contribution in [3.63, 3.8) is 0 Å². The van der Waals surface area contributed by atoms with E-state index in [1.807, 2.05) is 32.0 Å². The van der Waals surface area contributed by atoms with E-state index in [2.05, 4.69) is 5.32 Å². The number of ether oxygens (including phenoxy) is 2. The number of esters is 1. The zero-order valence-electron chi connectivity index (χ0n) is 14.6. The van der Waals surface area contributed by atoms with Gasteiger partial charge in [0.15, 0.2) is 12.7 Å². The van der Waals surface area contributed by atoms with E-state index in [0.717, 1.165) is 11.1 Å². The van der Waals surface area contributed by atoms with Crippen LogP contribution in [0, 0.1) is 13.8 Å². The highest BCUT2D eigenvalue weighted by atomic mass is 35.5. The molecule has 1 atom stereocenters. The maximum absolute atomic E-state index is 12.0. The zero-order valence-corrected chi connectivity index (χ0v) is 16.1. The molecule has 1 N–H and O–H groups in total. The van der Waals surface area contributed by atoms with Crippen LogP contribution in [0.4, 0.5) is 5.69 Å². The zero-order chi connectivity index (χ0) is 19.3. The summed E-state index contributed by atoms with van der Waals surface area (Å²) in [6, 6.07) is 10.4. The number of rotatable bonds is 6. The minimum Gasteiger partial charge on any atom is -0.477 e. The molecule has 0 radical (unpaired) electrons. The van der Waals surface area contributed by atoms with Crippen molar-refractivity contribution in [1.29, 1.82) is 0 Å². The molecule has 0 spiro atoms. The summed E-state index contributed by atoms with van der Waals surface area (Å²) in [5.41, 5.74) is 2.62. The van der Waals surface area contributed by atoms with Gasteiger partial charge in [-0.25, -0.2) is 4.79 Å². The number of hydrogen-bond acceptors (Lipinski definition) is 4. The van der Waals surface area contributed by atoms with Gasteiger partial charge in [-0.2, -0.15) is 0 Å². The van der Waals surface area contributed by atoms with Crippen LogP contribution in [0.2, 0.25) is 10.0 Å². The summed E-state index contributed by atoms with van der Waals surface area (Å²) in [5, 5.41) is 3.46. The van der Waals surface area contributed by atoms with Crippen molar-refractivity contribution in [2.75, 3.05) is 11.9 Å². The van der Waals surface area contributed by atoms with Gasteiger partial charge in [-0.3, -0.25) is 4.79 Å². The molecule has 26 heavy (non-hydrogen) atoms. The van der Waals surface area contributed by atoms with Gasteiger partial charge in [0.25, 0.3) is 5.91 Å². The van der Waals surface area contributed by atoms with Gasteiger partial charge in [-0.05, 0) is 56.2 Å². The highest BCUT2D eigenvalue weighted by Gasteiger charge is 2.19. The van der Waals surface area contributed by atoms with Gasteiger partial charge in [-0.1, -0.05) is 35.3 Å². The second-order valence-corrected chi connectivity index (χ2v) is 6.65. The van der Waals surface area contributed by atoms with E-state index in [9.17, 15) is 9.59 Å². The first-order valence-electron chi connectivity index (χ1n) is 7.91. The number of amides is 1. The highest BCUT2D eigenvalue weighted by molar-refractivity contribution is 6.35. The van der Waals surface area contributed by atoms with Crippen molar-refractivity contribution < 1.29 is 19.1 Å². The molecule has 0 aliphatic rings. The Morgan fingerprint density at radius 2 is 1.85 bits per heavy atom. The predicted molar refractivity (Wildman–Crippen MR) is 102 cm³/mol. The first kappa shape index (κ1) is 20.1. The summed E-state index contributed by atoms with van der Waals surface area (Å²) in [5.74, 6) is -0.795. The number of halogens is 2. The molecule has 2 aromatic rings. The third-order valence-corrected chi connectivity index (χ3v) is 4.07. The molecule has 0 saturated carbocycles. The quantitative estimate of drug-likeness (QED) is 0.728. The Kier molecular flexibility index (Phi) is 6.89. The first-order valence-corrected chi connectivity index (χ1v) is 8.67. The lowest BCUT2D eigenvalue weighted by atomic mass is 10.1. The Hall–Kier alpha value is -2.24. The molecule has 138 valence electrons. The molecule has 0 heterocycles. The predicted octanol–water partition coefficient (Wildman–Crippen LogP) is 4.56. The monoisotopic (exact) mass is 395 g/mol. The fourth-order valence-corrected chi connectivity index (χ4v) is 2.57. The Balaban J connectivity index is 1.87. The number of aryl methyl sites for hydroxylation is 2. The van der Waals surface area contributed by atoms with E-state index in [-0.39, 0.29) is 5.02 Å². The summed E-state index contributed by atoms with van der Waals surface area (Å²) < 4.78 is 10.4. The number of nitrogens with one attached hydrogen (secondary N) is 1. The van der Waals surface area contributed by atoms with Crippen molar-refractivity contribution in [2.24, 2.45) is 0 Å². The van der Waals surface area contributed by atoms with E-state index in [0.29, 0.717) is 16.5 Å². The van der Waals surface area contributed by atoms with Crippen molar-refractivity contribution in [3.8, 4) is 5.75 Å². The number of carbonyl (C=O) groups excluding carboxylic acids is 2. The smallest absolute Gasteiger partial charge is 0.347 e. The molecule has 2 aromatic carbocycles. The number of hydrogen-bond donors (Lipinski definition) is 1. The molecule has 0 unspecified atom stereocenters. The van der Waals surface area contributed by atoms with E-state index in [4.69, 9.17) is 32.7 Å². The molecule has 2 rings (SSSR count). The van der Waals surface area contributed by atoms with Crippen LogP contribution in [0.25, 0.3) is 0 Å². The van der Waals surface area contributed by atoms with E-state index >= 15 is 0 Å². The lowest BCUT2D eigenvalue weighted by Gasteiger charge is -2.15. The average Bonchev–Trinajstić information content (AvgIpc) is 2.58. The average molecular weight is 396 g/mol. The molecule has 0 aliphatic carbocycles. The van der Waals surface area contributed by atoms with Crippen LogP contribution in [0.15, 0.2) is 36.4 Å². The SMILES string of the molecule is Cc1ccc(C)c(NC(=O)COC(=O)[C@H](C)Oc2ccc(Cl)cc2Cl)c1. The van der Waals surface area contributed by atoms with Crippen LogP contribution in [0.3, 0.4) is 0 Å². The Morgan fingerprint density at radius 3 is 2.54 bits per heavy atom. The lowest BCUT2D eigenvalue weighted by Crippen LogP contribution is -2.30. The molecule has 0 bridgehead atoms. The molecule has 5 nitrogen and oxygen atoms in total. The van der Waals surface area contributed by atoms with Crippen LogP contribution in [-0.4, -0.2) is 24.6 Å². The number of anilines is 1. The topological polar surface area (TPSA) is 64.6 Å². The second-order valence-electron chi connectivity index (χ2n) is 5.81. The van der Waals surface area contributed by atoms with E-state index in [1.165, 1.54) is 13.0 Å². The van der Waals surface area contributed by atoms with Crippen molar-refractivity contribution in [1.82, 2.24) is 0 Å². The van der Waals surface area contributed by atoms with Gasteiger partial charge < -0.3 is 14.8 Å². The van der Waals surface area contributed by atoms with Gasteiger partial charge in [0.2, 0.25) is 0 Å². The second kappa shape index (κ2) is 8.92. The maximum Gasteiger partial charge on any atom is 0.347 e. The number of carbonyl (C=O) groups is 2. The largest absolute Gasteiger partial charge is 0.477 e. The first-order chi connectivity index (χ1) is 12.3. The van der Waals surface area contributed by atoms with Crippen LogP contribution in [-0.2, 0) is 14.3 Å². The maximum atomic E-state index is 12.0. The van der Waals surface area contributed by atoms with E-state index in [1.54, 1.807) is 12.1 Å². The van der Waals surface area contributed by atoms with Gasteiger partial charge in [0.05, 0.1) is 5.02 Å². The molecule has 1 amide bonds. The van der Waals surface area contributed by atoms with Crippen LogP contribution in [0.1, 0.15) is 18.1 Å². The Labute approximate surface area is 162 Å². The summed E-state index contributed by atoms with van der Waals surface area (Å²) >= 11 is 11.8. The highest BCUT2D eigenvalue weighted by Crippen LogP contribution is 2.28. The van der Waals surface area contributed by atoms with Crippen molar-refractivity contribution in [2.45, 2.75) is 26.9 Å². The third-order valence-electron chi connectivity index (χ3n) is 3.54. The minimum atomic E-state index is -0.929. The van der Waals surface area contributed by atoms with Crippen LogP contribution >= 0.6 is 23.2 Å². The van der Waals surface area contributed by atoms with E-state index < -0.39 is 24.6 Å². The van der Waals surface area contributed by atoms with Gasteiger partial charge >= 0.3 is 5.97 Å². The minimum absolute atomic E-state index is 0.282. The molecular weight excluding hydrogens is 377 g/mol. The fraction of sp³-hybridized carbons (Fsp3) is 0.263. The summed E-state index contributed by atoms with van der Waals surface area (Å²) in [6.07, 6.45) is -0.929. The van der Waals surface area contributed by atoms with Gasteiger partial charge in [0, 0.05) is 10.7 Å². The van der Waals surface area contributed by atoms with Gasteiger partial charge in [0.1, 0.15) is 5.75 Å². The van der Waals surface area contributed by atoms with Crippen LogP contribution in [0.5, 0.6) is 5.75 Å². The molecule has 0 aliphatic heterocycles. The Morgan fingerprint density at radius 1 is 1.12 bits per heavy atom. The summed E-state index contributed by atoms with van der Waals surface area (Å²) in [4.78, 5) is 24.0. The summed E-state index contributed by atoms with van der Waals surface area (Å²) in [6.45, 7) is 4.91. The van der Waals surface area contributed by atoms with Crippen LogP contribution < -0.4 is 10.1 Å². The molecule has 0 saturated heterocycles. The van der Waals surface area contributed by atoms with Gasteiger partial charge in [-0.15, -0.1) is 0 Å². The van der Waals surface area contributed by atoms with Crippen molar-refractivity contribution >= 4 is 40.8 Å². The molecule has 0 aromatic heterocycles. The molecule has 0 fully saturated rings. The lowest BCUT2D eigenvalue weighted by molar-refractivity contribution is -0.153. The Bertz CT molecular complexity index is 823. The third kappa shape index (κ3) is 5.64. The summed E-state index contributed by atoms with van der Waals surface area (Å²) in [7, 11) is 0. The normalized spacial score (nSPS) is 11.6. The standard InChI is InChI=1S/C19H19Cl2NO4/c1-11-4-5-12(2)16(8-11)22-18(23)10-25-19(24)13(3)26-17-7-6-14(20)9-15(17)21/h4-9,13H,10H2,1-3H3,(H,22,23)/t13-/m0/s1. The molecular formula is C19H19Cl2NO4. The van der Waals surface area contributed by atoms with Crippen molar-refractivity contribution in [3.05, 3.63) is 57.6 Å². The fourth-order valence-electron chi connectivity index (χ4n) is 2.12. The number of benzene rings is 2.